The van der Waals surface area contributed by atoms with E-state index in [1.54, 1.807) is 0 Å². The summed E-state index contributed by atoms with van der Waals surface area (Å²) in [5, 5.41) is 0. The Bertz CT molecular complexity index is 238. The first kappa shape index (κ1) is 8.34. The maximum absolute atomic E-state index is 4.00. The molecule has 0 heterocycles. The normalized spacial score (nSPS) is 54.8. The Morgan fingerprint density at radius 2 is 1.75 bits per heavy atom. The molecule has 3 fully saturated rings. The van der Waals surface area contributed by atoms with Gasteiger partial charge in [0.2, 0.25) is 0 Å². The van der Waals surface area contributed by atoms with E-state index >= 15 is 0 Å². The molecule has 0 N–H and O–H groups in total. The lowest BCUT2D eigenvalue weighted by molar-refractivity contribution is -0.0734. The van der Waals surface area contributed by atoms with Crippen molar-refractivity contribution in [2.45, 2.75) is 40.5 Å². The molecule has 0 aliphatic heterocycles. The zero-order valence-electron chi connectivity index (χ0n) is 8.78. The molecule has 0 heteroatoms. The lowest BCUT2D eigenvalue weighted by atomic mass is 9.48. The van der Waals surface area contributed by atoms with Crippen LogP contribution in [0.1, 0.15) is 40.5 Å². The van der Waals surface area contributed by atoms with Crippen molar-refractivity contribution in [1.29, 1.82) is 0 Å². The van der Waals surface area contributed by atoms with Crippen LogP contribution in [0.5, 0.6) is 0 Å². The Morgan fingerprint density at radius 3 is 1.92 bits per heavy atom. The van der Waals surface area contributed by atoms with E-state index in [9.17, 15) is 0 Å². The molecule has 3 aliphatic rings. The molecular formula is C12H20. The predicted molar refractivity (Wildman–Crippen MR) is 52.9 cm³/mol. The van der Waals surface area contributed by atoms with Gasteiger partial charge in [0.25, 0.3) is 0 Å². The van der Waals surface area contributed by atoms with E-state index in [0.29, 0.717) is 16.2 Å². The molecule has 0 spiro atoms. The van der Waals surface area contributed by atoms with Gasteiger partial charge in [0.05, 0.1) is 0 Å². The fourth-order valence-electron chi connectivity index (χ4n) is 3.67. The fourth-order valence-corrected chi connectivity index (χ4v) is 3.67. The molecule has 2 bridgehead atoms. The molecule has 0 aromatic carbocycles. The second-order valence-electron chi connectivity index (χ2n) is 5.78. The second-order valence-corrected chi connectivity index (χ2v) is 5.78. The van der Waals surface area contributed by atoms with E-state index in [4.69, 9.17) is 0 Å². The Morgan fingerprint density at radius 1 is 1.17 bits per heavy atom. The minimum absolute atomic E-state index is 0.404. The molecule has 3 unspecified atom stereocenters. The Hall–Kier alpha value is -0.260. The third-order valence-corrected chi connectivity index (χ3v) is 5.48. The average molecular weight is 164 g/mol. The molecule has 3 aliphatic carbocycles. The van der Waals surface area contributed by atoms with Crippen molar-refractivity contribution >= 4 is 0 Å². The predicted octanol–water partition coefficient (Wildman–Crippen LogP) is 3.63. The highest BCUT2D eigenvalue weighted by Crippen LogP contribution is 2.77. The highest BCUT2D eigenvalue weighted by Gasteiger charge is 2.70. The van der Waals surface area contributed by atoms with Gasteiger partial charge in [-0.05, 0) is 35.0 Å². The van der Waals surface area contributed by atoms with Crippen molar-refractivity contribution in [1.82, 2.24) is 0 Å². The summed E-state index contributed by atoms with van der Waals surface area (Å²) >= 11 is 0. The van der Waals surface area contributed by atoms with Crippen LogP contribution in [0, 0.1) is 22.2 Å². The Kier molecular flexibility index (Phi) is 1.26. The van der Waals surface area contributed by atoms with Crippen LogP contribution >= 0.6 is 0 Å². The first-order chi connectivity index (χ1) is 5.37. The first-order valence-electron chi connectivity index (χ1n) is 5.01. The van der Waals surface area contributed by atoms with Gasteiger partial charge in [-0.3, -0.25) is 0 Å². The highest BCUT2D eigenvalue weighted by atomic mass is 14.7. The quantitative estimate of drug-likeness (QED) is 0.519. The molecule has 0 aromatic rings. The van der Waals surface area contributed by atoms with Crippen LogP contribution in [-0.4, -0.2) is 0 Å². The van der Waals surface area contributed by atoms with Crippen LogP contribution in [0.25, 0.3) is 0 Å². The molecule has 12 heavy (non-hydrogen) atoms. The van der Waals surface area contributed by atoms with Gasteiger partial charge in [0.1, 0.15) is 0 Å². The molecule has 0 radical (unpaired) electrons. The maximum Gasteiger partial charge on any atom is -0.00873 e. The molecule has 3 rings (SSSR count). The molecule has 0 amide bonds. The van der Waals surface area contributed by atoms with Gasteiger partial charge in [-0.15, -0.1) is 6.58 Å². The summed E-state index contributed by atoms with van der Waals surface area (Å²) in [4.78, 5) is 0. The van der Waals surface area contributed by atoms with Gasteiger partial charge in [0.15, 0.2) is 0 Å². The Labute approximate surface area is 76.1 Å². The zero-order valence-corrected chi connectivity index (χ0v) is 8.78. The standard InChI is InChI=1S/C12H20/c1-6-11(4)7-9-8-12(11,5)10(9,2)3/h6,9H,1,7-8H2,2-5H3. The smallest absolute Gasteiger partial charge is 0.00873 e. The molecule has 0 aromatic heterocycles. The van der Waals surface area contributed by atoms with Gasteiger partial charge >= 0.3 is 0 Å². The maximum atomic E-state index is 4.00. The number of hydrogen-bond donors (Lipinski definition) is 0. The van der Waals surface area contributed by atoms with E-state index in [2.05, 4.69) is 40.3 Å². The Balaban J connectivity index is 2.44. The lowest BCUT2D eigenvalue weighted by Crippen LogP contribution is -2.50. The average Bonchev–Trinajstić information content (AvgIpc) is 2.36. The minimum atomic E-state index is 0.404. The summed E-state index contributed by atoms with van der Waals surface area (Å²) in [6.07, 6.45) is 4.98. The minimum Gasteiger partial charge on any atom is -0.103 e. The van der Waals surface area contributed by atoms with Gasteiger partial charge < -0.3 is 0 Å². The summed E-state index contributed by atoms with van der Waals surface area (Å²) in [6.45, 7) is 13.7. The first-order valence-corrected chi connectivity index (χ1v) is 5.01. The summed E-state index contributed by atoms with van der Waals surface area (Å²) < 4.78 is 0. The topological polar surface area (TPSA) is 0 Å². The van der Waals surface area contributed by atoms with Crippen molar-refractivity contribution in [2.24, 2.45) is 22.2 Å². The SMILES string of the molecule is C=CC1(C)CC2CC1(C)C2(C)C. The van der Waals surface area contributed by atoms with Crippen LogP contribution < -0.4 is 0 Å². The molecule has 0 nitrogen and oxygen atoms in total. The van der Waals surface area contributed by atoms with Crippen molar-refractivity contribution in [2.75, 3.05) is 0 Å². The van der Waals surface area contributed by atoms with Crippen molar-refractivity contribution in [3.8, 4) is 0 Å². The molecule has 68 valence electrons. The van der Waals surface area contributed by atoms with Gasteiger partial charge in [-0.1, -0.05) is 33.8 Å². The van der Waals surface area contributed by atoms with Crippen LogP contribution in [0.2, 0.25) is 0 Å². The van der Waals surface area contributed by atoms with E-state index in [1.165, 1.54) is 12.8 Å². The monoisotopic (exact) mass is 164 g/mol. The third kappa shape index (κ3) is 0.551. The van der Waals surface area contributed by atoms with Crippen molar-refractivity contribution in [3.63, 3.8) is 0 Å². The van der Waals surface area contributed by atoms with Crippen LogP contribution in [-0.2, 0) is 0 Å². The van der Waals surface area contributed by atoms with E-state index < -0.39 is 0 Å². The molecular weight excluding hydrogens is 144 g/mol. The number of fused-ring (bicyclic) bond motifs is 1. The number of allylic oxidation sites excluding steroid dienone is 1. The van der Waals surface area contributed by atoms with Crippen LogP contribution in [0.3, 0.4) is 0 Å². The molecule has 0 saturated heterocycles. The zero-order chi connectivity index (χ0) is 9.20. The largest absolute Gasteiger partial charge is 0.103 e. The van der Waals surface area contributed by atoms with E-state index in [1.807, 2.05) is 0 Å². The summed E-state index contributed by atoms with van der Waals surface area (Å²) in [6, 6.07) is 0. The van der Waals surface area contributed by atoms with E-state index in [-0.39, 0.29) is 0 Å². The summed E-state index contributed by atoms with van der Waals surface area (Å²) in [7, 11) is 0. The lowest BCUT2D eigenvalue weighted by Gasteiger charge is -2.57. The van der Waals surface area contributed by atoms with Crippen LogP contribution in [0.15, 0.2) is 12.7 Å². The third-order valence-electron chi connectivity index (χ3n) is 5.48. The fraction of sp³-hybridized carbons (Fsp3) is 0.833. The van der Waals surface area contributed by atoms with Crippen molar-refractivity contribution in [3.05, 3.63) is 12.7 Å². The summed E-state index contributed by atoms with van der Waals surface area (Å²) in [5.74, 6) is 0.950. The highest BCUT2D eigenvalue weighted by molar-refractivity contribution is 5.24. The van der Waals surface area contributed by atoms with Gasteiger partial charge in [0, 0.05) is 0 Å². The molecule has 3 atom stereocenters. The second kappa shape index (κ2) is 1.81. The van der Waals surface area contributed by atoms with Crippen molar-refractivity contribution < 1.29 is 0 Å². The van der Waals surface area contributed by atoms with Crippen LogP contribution in [0.4, 0.5) is 0 Å². The van der Waals surface area contributed by atoms with Gasteiger partial charge in [-0.2, -0.15) is 0 Å². The summed E-state index contributed by atoms with van der Waals surface area (Å²) in [5.41, 5.74) is 1.48. The van der Waals surface area contributed by atoms with Gasteiger partial charge in [-0.25, -0.2) is 0 Å². The number of rotatable bonds is 1. The molecule has 3 saturated carbocycles. The van der Waals surface area contributed by atoms with E-state index in [0.717, 1.165) is 5.92 Å². The number of hydrogen-bond acceptors (Lipinski definition) is 0.